The number of rotatable bonds is 7. The lowest BCUT2D eigenvalue weighted by Gasteiger charge is -2.54. The lowest BCUT2D eigenvalue weighted by Crippen LogP contribution is -2.61. The molecule has 12 nitrogen and oxygen atoms in total. The fraction of sp³-hybridized carbons (Fsp3) is 0.562. The zero-order valence-corrected chi connectivity index (χ0v) is 36.9. The second-order valence-electron chi connectivity index (χ2n) is 21.0. The first kappa shape index (κ1) is 40.4. The summed E-state index contributed by atoms with van der Waals surface area (Å²) in [6.45, 7) is 20.2. The summed E-state index contributed by atoms with van der Waals surface area (Å²) >= 11 is 0. The summed E-state index contributed by atoms with van der Waals surface area (Å²) in [6.07, 6.45) is 7.95. The van der Waals surface area contributed by atoms with Gasteiger partial charge in [0.25, 0.3) is 5.91 Å². The summed E-state index contributed by atoms with van der Waals surface area (Å²) < 4.78 is 7.97. The SMILES string of the molecule is CNC(=O)c1cc(Nc2nc(-c3ccc4c(c3)N([C@H]3C[C@@H](N5CC(C)(C)CC(C)(C)C5)C3)C(=O)C43CCN(C(=O)OC(C)(C)C)CC3)cc3ncn(C4CC4)c23)ccc1C. The molecule has 0 unspecified atom stereocenters. The van der Waals surface area contributed by atoms with Crippen molar-refractivity contribution in [3.05, 3.63) is 65.5 Å². The third-order valence-corrected chi connectivity index (χ3v) is 13.6. The molecule has 0 radical (unpaired) electrons. The van der Waals surface area contributed by atoms with Gasteiger partial charge in [0, 0.05) is 73.9 Å². The van der Waals surface area contributed by atoms with E-state index in [4.69, 9.17) is 14.7 Å². The largest absolute Gasteiger partial charge is 0.444 e. The van der Waals surface area contributed by atoms with E-state index in [1.54, 1.807) is 11.9 Å². The van der Waals surface area contributed by atoms with Crippen molar-refractivity contribution in [1.82, 2.24) is 29.7 Å². The van der Waals surface area contributed by atoms with Crippen molar-refractivity contribution in [2.45, 2.75) is 129 Å². The molecule has 2 N–H and O–H groups in total. The van der Waals surface area contributed by atoms with Gasteiger partial charge in [-0.1, -0.05) is 45.9 Å². The normalized spacial score (nSPS) is 23.4. The fourth-order valence-corrected chi connectivity index (χ4v) is 11.0. The average molecular weight is 815 g/mol. The maximum Gasteiger partial charge on any atom is 0.410 e. The Labute approximate surface area is 354 Å². The number of imidazole rings is 1. The van der Waals surface area contributed by atoms with Gasteiger partial charge in [0.2, 0.25) is 5.91 Å². The summed E-state index contributed by atoms with van der Waals surface area (Å²) in [7, 11) is 1.64. The molecule has 2 saturated heterocycles. The first-order valence-corrected chi connectivity index (χ1v) is 22.0. The van der Waals surface area contributed by atoms with Crippen LogP contribution in [0.15, 0.2) is 48.8 Å². The highest BCUT2D eigenvalue weighted by Gasteiger charge is 2.56. The van der Waals surface area contributed by atoms with Gasteiger partial charge < -0.3 is 29.7 Å². The molecule has 2 aliphatic carbocycles. The molecule has 0 bridgehead atoms. The average Bonchev–Trinajstić information content (AvgIpc) is 3.87. The molecule has 60 heavy (non-hydrogen) atoms. The van der Waals surface area contributed by atoms with Gasteiger partial charge in [0.05, 0.1) is 23.0 Å². The first-order valence-electron chi connectivity index (χ1n) is 22.0. The van der Waals surface area contributed by atoms with Crippen LogP contribution in [-0.4, -0.2) is 93.2 Å². The van der Waals surface area contributed by atoms with Crippen molar-refractivity contribution in [2.24, 2.45) is 10.8 Å². The van der Waals surface area contributed by atoms with Crippen LogP contribution in [0.3, 0.4) is 0 Å². The third kappa shape index (κ3) is 7.32. The predicted molar refractivity (Wildman–Crippen MR) is 236 cm³/mol. The Kier molecular flexibility index (Phi) is 9.65. The van der Waals surface area contributed by atoms with Gasteiger partial charge in [0.1, 0.15) is 11.1 Å². The van der Waals surface area contributed by atoms with Gasteiger partial charge in [-0.05, 0) is 119 Å². The van der Waals surface area contributed by atoms with Crippen LogP contribution in [0.4, 0.5) is 22.0 Å². The van der Waals surface area contributed by atoms with E-state index >= 15 is 4.79 Å². The molecule has 0 atom stereocenters. The highest BCUT2D eigenvalue weighted by molar-refractivity contribution is 6.09. The van der Waals surface area contributed by atoms with Crippen molar-refractivity contribution in [3.63, 3.8) is 0 Å². The molecule has 4 aromatic rings. The number of carbonyl (C=O) groups excluding carboxylic acids is 3. The number of aryl methyl sites for hydroxylation is 1. The minimum absolute atomic E-state index is 0.0888. The van der Waals surface area contributed by atoms with E-state index < -0.39 is 11.0 Å². The molecule has 5 heterocycles. The monoisotopic (exact) mass is 814 g/mol. The number of ether oxygens (including phenoxy) is 1. The van der Waals surface area contributed by atoms with Crippen LogP contribution < -0.4 is 15.5 Å². The topological polar surface area (TPSA) is 125 Å². The molecule has 2 aromatic heterocycles. The highest BCUT2D eigenvalue weighted by atomic mass is 16.6. The maximum absolute atomic E-state index is 15.2. The molecule has 2 aromatic carbocycles. The Morgan fingerprint density at radius 3 is 2.25 bits per heavy atom. The third-order valence-electron chi connectivity index (χ3n) is 13.6. The Hall–Kier alpha value is -4.97. The number of hydrogen-bond acceptors (Lipinski definition) is 8. The van der Waals surface area contributed by atoms with Gasteiger partial charge in [-0.15, -0.1) is 0 Å². The minimum atomic E-state index is -0.715. The number of carbonyl (C=O) groups is 3. The van der Waals surface area contributed by atoms with E-state index in [0.29, 0.717) is 49.4 Å². The van der Waals surface area contributed by atoms with Crippen LogP contribution in [-0.2, 0) is 14.9 Å². The van der Waals surface area contributed by atoms with Crippen LogP contribution in [0.1, 0.15) is 121 Å². The Morgan fingerprint density at radius 2 is 1.60 bits per heavy atom. The lowest BCUT2D eigenvalue weighted by atomic mass is 9.69. The van der Waals surface area contributed by atoms with E-state index in [1.165, 1.54) is 6.42 Å². The Morgan fingerprint density at radius 1 is 0.900 bits per heavy atom. The van der Waals surface area contributed by atoms with Gasteiger partial charge in [-0.2, -0.15) is 0 Å². The molecule has 318 valence electrons. The van der Waals surface area contributed by atoms with Gasteiger partial charge in [0.15, 0.2) is 5.82 Å². The molecule has 4 fully saturated rings. The molecule has 3 aliphatic heterocycles. The molecule has 3 amide bonds. The Balaban J connectivity index is 1.08. The number of nitrogens with one attached hydrogen (secondary N) is 2. The number of amides is 3. The van der Waals surface area contributed by atoms with Crippen LogP contribution in [0.25, 0.3) is 22.3 Å². The van der Waals surface area contributed by atoms with Gasteiger partial charge >= 0.3 is 6.09 Å². The fourth-order valence-electron chi connectivity index (χ4n) is 11.0. The number of nitrogens with zero attached hydrogens (tertiary/aromatic N) is 6. The second kappa shape index (κ2) is 14.3. The number of benzene rings is 2. The van der Waals surface area contributed by atoms with Crippen LogP contribution in [0.5, 0.6) is 0 Å². The smallest absolute Gasteiger partial charge is 0.410 e. The van der Waals surface area contributed by atoms with Crippen LogP contribution >= 0.6 is 0 Å². The van der Waals surface area contributed by atoms with Gasteiger partial charge in [-0.3, -0.25) is 14.5 Å². The van der Waals surface area contributed by atoms with Gasteiger partial charge in [-0.25, -0.2) is 14.8 Å². The quantitative estimate of drug-likeness (QED) is 0.190. The number of hydrogen-bond donors (Lipinski definition) is 2. The van der Waals surface area contributed by atoms with E-state index in [9.17, 15) is 9.59 Å². The summed E-state index contributed by atoms with van der Waals surface area (Å²) in [5.41, 5.74) is 6.87. The summed E-state index contributed by atoms with van der Waals surface area (Å²) in [4.78, 5) is 57.8. The zero-order valence-electron chi connectivity index (χ0n) is 36.9. The highest BCUT2D eigenvalue weighted by Crippen LogP contribution is 2.53. The second-order valence-corrected chi connectivity index (χ2v) is 21.0. The summed E-state index contributed by atoms with van der Waals surface area (Å²) in [5, 5.41) is 6.33. The van der Waals surface area contributed by atoms with Crippen molar-refractivity contribution in [3.8, 4) is 11.3 Å². The Bertz CT molecular complexity index is 2360. The molecule has 1 spiro atoms. The maximum atomic E-state index is 15.2. The van der Waals surface area contributed by atoms with Crippen molar-refractivity contribution < 1.29 is 19.1 Å². The molecule has 2 saturated carbocycles. The molecular formula is C48H62N8O4. The van der Waals surface area contributed by atoms with Crippen LogP contribution in [0, 0.1) is 17.8 Å². The van der Waals surface area contributed by atoms with Crippen molar-refractivity contribution >= 4 is 46.1 Å². The molecule has 9 rings (SSSR count). The summed E-state index contributed by atoms with van der Waals surface area (Å²) in [6, 6.07) is 15.2. The van der Waals surface area contributed by atoms with Crippen LogP contribution in [0.2, 0.25) is 0 Å². The number of anilines is 3. The summed E-state index contributed by atoms with van der Waals surface area (Å²) in [5.74, 6) is 0.687. The number of pyridine rings is 1. The van der Waals surface area contributed by atoms with Crippen molar-refractivity contribution in [2.75, 3.05) is 43.4 Å². The predicted octanol–water partition coefficient (Wildman–Crippen LogP) is 8.75. The zero-order chi connectivity index (χ0) is 42.5. The van der Waals surface area contributed by atoms with E-state index in [-0.39, 0.29) is 34.8 Å². The first-order chi connectivity index (χ1) is 28.3. The number of fused-ring (bicyclic) bond motifs is 3. The molecular weight excluding hydrogens is 753 g/mol. The van der Waals surface area contributed by atoms with Crippen molar-refractivity contribution in [1.29, 1.82) is 0 Å². The number of piperidine rings is 2. The van der Waals surface area contributed by atoms with E-state index in [1.807, 2.05) is 52.2 Å². The lowest BCUT2D eigenvalue weighted by molar-refractivity contribution is -0.126. The standard InChI is InChI=1S/C48H62N8O4/c1-29-10-12-31(21-35(29)42(57)49-9)51-41-40-38(50-28-55(40)32-13-14-32)24-37(52-41)30-11-15-36-39(20-30)56(34-22-33(23-34)54-26-46(5,6)25-47(7,8)27-54)43(58)48(36)16-18-53(19-17-48)44(59)60-45(2,3)4/h10-12,15,20-21,24,28,32-34H,13-14,16-19,22-23,25-27H2,1-9H3,(H,49,57)(H,51,52)/t33-,34+. The van der Waals surface area contributed by atoms with E-state index in [2.05, 4.69) is 77.0 Å². The van der Waals surface area contributed by atoms with E-state index in [0.717, 1.165) is 83.6 Å². The minimum Gasteiger partial charge on any atom is -0.444 e. The molecule has 5 aliphatic rings. The number of likely N-dealkylation sites (tertiary alicyclic amines) is 2. The molecule has 12 heteroatoms. The number of aromatic nitrogens is 3.